The van der Waals surface area contributed by atoms with Crippen LogP contribution in [-0.4, -0.2) is 61.6 Å². The van der Waals surface area contributed by atoms with Crippen molar-refractivity contribution in [1.29, 1.82) is 0 Å². The Bertz CT molecular complexity index is 1270. The van der Waals surface area contributed by atoms with E-state index in [0.29, 0.717) is 11.5 Å². The molecule has 9 nitrogen and oxygen atoms in total. The minimum Gasteiger partial charge on any atom is -0.491 e. The predicted molar refractivity (Wildman–Crippen MR) is 158 cm³/mol. The molecule has 0 aromatic heterocycles. The second-order valence-corrected chi connectivity index (χ2v) is 10.5. The molecule has 0 heterocycles. The normalized spacial score (nSPS) is 12.3. The van der Waals surface area contributed by atoms with Crippen LogP contribution in [0.2, 0.25) is 0 Å². The Labute approximate surface area is 247 Å². The summed E-state index contributed by atoms with van der Waals surface area (Å²) in [6, 6.07) is 15.0. The van der Waals surface area contributed by atoms with Gasteiger partial charge in [0.05, 0.1) is 0 Å². The van der Waals surface area contributed by atoms with Crippen LogP contribution in [0.1, 0.15) is 45.7 Å². The molecule has 0 fully saturated rings. The Morgan fingerprint density at radius 3 is 1.50 bits per heavy atom. The van der Waals surface area contributed by atoms with Crippen LogP contribution in [0, 0.1) is 0 Å². The molecule has 2 aromatic carbocycles. The van der Waals surface area contributed by atoms with E-state index < -0.39 is 30.1 Å². The van der Waals surface area contributed by atoms with Gasteiger partial charge in [0, 0.05) is 22.1 Å². The van der Waals surface area contributed by atoms with Crippen LogP contribution in [0.5, 0.6) is 11.5 Å². The lowest BCUT2D eigenvalue weighted by Crippen LogP contribution is -2.31. The van der Waals surface area contributed by atoms with Crippen molar-refractivity contribution in [2.45, 2.75) is 52.2 Å². The highest BCUT2D eigenvalue weighted by Gasteiger charge is 2.24. The average molecular weight is 581 g/mol. The van der Waals surface area contributed by atoms with Gasteiger partial charge in [-0.25, -0.2) is 14.4 Å². The molecular formula is C33H40O9. The number of carbonyl (C=O) groups excluding carboxylic acids is 3. The van der Waals surface area contributed by atoms with Crippen molar-refractivity contribution in [3.8, 4) is 11.5 Å². The minimum absolute atomic E-state index is 0.0300. The van der Waals surface area contributed by atoms with Crippen molar-refractivity contribution in [3.05, 3.63) is 96.1 Å². The zero-order valence-electron chi connectivity index (χ0n) is 24.9. The van der Waals surface area contributed by atoms with Crippen LogP contribution in [0.4, 0.5) is 0 Å². The van der Waals surface area contributed by atoms with Gasteiger partial charge < -0.3 is 28.8 Å². The molecule has 226 valence electrons. The summed E-state index contributed by atoms with van der Waals surface area (Å²) in [7, 11) is 0. The molecule has 0 spiro atoms. The third-order valence-electron chi connectivity index (χ3n) is 6.16. The van der Waals surface area contributed by atoms with Gasteiger partial charge in [0.1, 0.15) is 44.0 Å². The van der Waals surface area contributed by atoms with Gasteiger partial charge in [0.25, 0.3) is 0 Å². The molecule has 2 atom stereocenters. The Kier molecular flexibility index (Phi) is 12.6. The summed E-state index contributed by atoms with van der Waals surface area (Å²) in [4.78, 5) is 35.2. The van der Waals surface area contributed by atoms with Gasteiger partial charge in [-0.3, -0.25) is 0 Å². The molecule has 42 heavy (non-hydrogen) atoms. The van der Waals surface area contributed by atoms with Crippen LogP contribution in [-0.2, 0) is 34.0 Å². The molecule has 0 aliphatic heterocycles. The molecular weight excluding hydrogens is 540 g/mol. The number of hydrogen-bond donors (Lipinski definition) is 1. The van der Waals surface area contributed by atoms with Gasteiger partial charge in [0.15, 0.2) is 6.10 Å². The van der Waals surface area contributed by atoms with Gasteiger partial charge in [-0.2, -0.15) is 0 Å². The van der Waals surface area contributed by atoms with E-state index in [4.69, 9.17) is 23.7 Å². The summed E-state index contributed by atoms with van der Waals surface area (Å²) in [5, 5.41) is 10.0. The molecule has 0 aliphatic carbocycles. The number of hydrogen-bond acceptors (Lipinski definition) is 9. The molecule has 0 bridgehead atoms. The lowest BCUT2D eigenvalue weighted by Gasteiger charge is -2.27. The summed E-state index contributed by atoms with van der Waals surface area (Å²) in [6.45, 7) is 18.9. The Hall–Kier alpha value is -4.37. The number of rotatable bonds is 16. The van der Waals surface area contributed by atoms with Gasteiger partial charge in [-0.1, -0.05) is 57.8 Å². The van der Waals surface area contributed by atoms with Crippen molar-refractivity contribution in [3.63, 3.8) is 0 Å². The summed E-state index contributed by atoms with van der Waals surface area (Å²) >= 11 is 0. The maximum atomic E-state index is 12.0. The number of benzene rings is 2. The zero-order valence-corrected chi connectivity index (χ0v) is 24.9. The molecule has 0 saturated heterocycles. The number of carbonyl (C=O) groups is 3. The van der Waals surface area contributed by atoms with Crippen LogP contribution in [0.25, 0.3) is 0 Å². The topological polar surface area (TPSA) is 118 Å². The lowest BCUT2D eigenvalue weighted by molar-refractivity contribution is -0.155. The number of aliphatic hydroxyl groups excluding tert-OH is 1. The molecule has 0 amide bonds. The minimum atomic E-state index is -0.968. The lowest BCUT2D eigenvalue weighted by atomic mass is 9.78. The molecule has 0 radical (unpaired) electrons. The highest BCUT2D eigenvalue weighted by Crippen LogP contribution is 2.33. The van der Waals surface area contributed by atoms with Crippen molar-refractivity contribution < 1.29 is 43.2 Å². The molecule has 0 saturated carbocycles. The van der Waals surface area contributed by atoms with Crippen molar-refractivity contribution in [2.24, 2.45) is 0 Å². The van der Waals surface area contributed by atoms with E-state index in [-0.39, 0.29) is 48.6 Å². The standard InChI is InChI=1S/C33H40O9/c1-21(2)30(35)40-18-26(34)17-38-27-13-9-24(10-14-27)33(7,8)25-11-15-28(16-12-25)39-19-29(42-32(37)23(5)6)20-41-31(36)22(3)4/h9-16,26,29,34H,1,3,5,17-20H2,2,4,6-8H3. The Balaban J connectivity index is 1.98. The van der Waals surface area contributed by atoms with Crippen LogP contribution >= 0.6 is 0 Å². The summed E-state index contributed by atoms with van der Waals surface area (Å²) in [6.07, 6.45) is -1.80. The third kappa shape index (κ3) is 10.6. The zero-order chi connectivity index (χ0) is 31.4. The first-order valence-electron chi connectivity index (χ1n) is 13.4. The summed E-state index contributed by atoms with van der Waals surface area (Å²) < 4.78 is 26.9. The van der Waals surface area contributed by atoms with Crippen molar-refractivity contribution >= 4 is 17.9 Å². The van der Waals surface area contributed by atoms with Crippen molar-refractivity contribution in [1.82, 2.24) is 0 Å². The van der Waals surface area contributed by atoms with Crippen LogP contribution < -0.4 is 9.47 Å². The Morgan fingerprint density at radius 2 is 1.07 bits per heavy atom. The first kappa shape index (κ1) is 33.8. The summed E-state index contributed by atoms with van der Waals surface area (Å²) in [5.74, 6) is -0.636. The van der Waals surface area contributed by atoms with E-state index in [1.807, 2.05) is 48.5 Å². The van der Waals surface area contributed by atoms with E-state index in [1.165, 1.54) is 20.8 Å². The SMILES string of the molecule is C=C(C)C(=O)OCC(O)COc1ccc(C(C)(C)c2ccc(OCC(COC(=O)C(=C)C)OC(=O)C(=C)C)cc2)cc1. The summed E-state index contributed by atoms with van der Waals surface area (Å²) in [5.41, 5.74) is 2.42. The monoisotopic (exact) mass is 580 g/mol. The number of aliphatic hydroxyl groups is 1. The molecule has 0 aliphatic rings. The fourth-order valence-corrected chi connectivity index (χ4v) is 3.49. The van der Waals surface area contributed by atoms with Crippen molar-refractivity contribution in [2.75, 3.05) is 26.4 Å². The fourth-order valence-electron chi connectivity index (χ4n) is 3.49. The smallest absolute Gasteiger partial charge is 0.333 e. The Morgan fingerprint density at radius 1 is 0.667 bits per heavy atom. The van der Waals surface area contributed by atoms with Crippen LogP contribution in [0.3, 0.4) is 0 Å². The van der Waals surface area contributed by atoms with E-state index in [1.54, 1.807) is 0 Å². The van der Waals surface area contributed by atoms with E-state index >= 15 is 0 Å². The molecule has 2 unspecified atom stereocenters. The van der Waals surface area contributed by atoms with E-state index in [9.17, 15) is 19.5 Å². The highest BCUT2D eigenvalue weighted by atomic mass is 16.6. The van der Waals surface area contributed by atoms with Crippen LogP contribution in [0.15, 0.2) is 85.0 Å². The van der Waals surface area contributed by atoms with Gasteiger partial charge >= 0.3 is 17.9 Å². The average Bonchev–Trinajstić information content (AvgIpc) is 2.95. The molecule has 2 aromatic rings. The molecule has 2 rings (SSSR count). The highest BCUT2D eigenvalue weighted by molar-refractivity contribution is 5.88. The van der Waals surface area contributed by atoms with Gasteiger partial charge in [-0.15, -0.1) is 0 Å². The third-order valence-corrected chi connectivity index (χ3v) is 6.16. The second kappa shape index (κ2) is 15.6. The van der Waals surface area contributed by atoms with E-state index in [2.05, 4.69) is 33.6 Å². The van der Waals surface area contributed by atoms with Gasteiger partial charge in [0.2, 0.25) is 0 Å². The van der Waals surface area contributed by atoms with Gasteiger partial charge in [-0.05, 0) is 56.2 Å². The largest absolute Gasteiger partial charge is 0.491 e. The maximum Gasteiger partial charge on any atom is 0.333 e. The van der Waals surface area contributed by atoms with E-state index in [0.717, 1.165) is 11.1 Å². The maximum absolute atomic E-state index is 12.0. The first-order valence-corrected chi connectivity index (χ1v) is 13.4. The quantitative estimate of drug-likeness (QED) is 0.169. The first-order chi connectivity index (χ1) is 19.7. The molecule has 1 N–H and O–H groups in total. The second-order valence-electron chi connectivity index (χ2n) is 10.5. The number of esters is 3. The number of ether oxygens (including phenoxy) is 5. The fraction of sp³-hybridized carbons (Fsp3) is 0.364. The molecule has 9 heteroatoms. The predicted octanol–water partition coefficient (Wildman–Crippen LogP) is 4.86.